The van der Waals surface area contributed by atoms with Crippen LogP contribution in [0.1, 0.15) is 20.8 Å². The third-order valence-corrected chi connectivity index (χ3v) is 5.56. The lowest BCUT2D eigenvalue weighted by Gasteiger charge is -2.04. The molecule has 0 aliphatic carbocycles. The number of esters is 1. The largest absolute Gasteiger partial charge is 0.457 e. The molecule has 0 spiro atoms. The van der Waals surface area contributed by atoms with Crippen molar-refractivity contribution >= 4 is 27.5 Å². The van der Waals surface area contributed by atoms with E-state index in [1.54, 1.807) is 6.92 Å². The monoisotopic (exact) mass is 412 g/mol. The van der Waals surface area contributed by atoms with E-state index in [2.05, 4.69) is 9.97 Å². The summed E-state index contributed by atoms with van der Waals surface area (Å²) in [6.07, 6.45) is 0. The summed E-state index contributed by atoms with van der Waals surface area (Å²) in [5, 5.41) is 0.196. The topological polar surface area (TPSA) is 72.0 Å². The number of aromatic amines is 1. The van der Waals surface area contributed by atoms with Crippen molar-refractivity contribution in [3.8, 4) is 11.4 Å². The number of nitrogens with zero attached hydrogens (tertiary/aromatic N) is 1. The van der Waals surface area contributed by atoms with Crippen molar-refractivity contribution in [3.63, 3.8) is 0 Å². The molecule has 0 aliphatic heterocycles. The number of ether oxygens (including phenoxy) is 1. The molecule has 146 valence electrons. The summed E-state index contributed by atoms with van der Waals surface area (Å²) in [5.41, 5.74) is 0.236. The minimum atomic E-state index is -0.844. The van der Waals surface area contributed by atoms with E-state index < -0.39 is 28.7 Å². The van der Waals surface area contributed by atoms with Crippen LogP contribution in [0.3, 0.4) is 0 Å². The van der Waals surface area contributed by atoms with Gasteiger partial charge in [-0.15, -0.1) is 11.3 Å². The second-order valence-electron chi connectivity index (χ2n) is 6.31. The van der Waals surface area contributed by atoms with Gasteiger partial charge in [-0.05, 0) is 30.2 Å². The molecule has 0 atom stereocenters. The molecule has 29 heavy (non-hydrogen) atoms. The van der Waals surface area contributed by atoms with Gasteiger partial charge in [-0.2, -0.15) is 0 Å². The smallest absolute Gasteiger partial charge is 0.349 e. The maximum Gasteiger partial charge on any atom is 0.349 e. The Hall–Kier alpha value is -3.39. The molecule has 0 unspecified atom stereocenters. The minimum absolute atomic E-state index is 0.0861. The van der Waals surface area contributed by atoms with E-state index in [0.29, 0.717) is 5.56 Å². The summed E-state index contributed by atoms with van der Waals surface area (Å²) >= 11 is 0.951. The predicted octanol–water partition coefficient (Wildman–Crippen LogP) is 4.60. The Morgan fingerprint density at radius 3 is 2.48 bits per heavy atom. The Morgan fingerprint density at radius 2 is 1.79 bits per heavy atom. The van der Waals surface area contributed by atoms with Gasteiger partial charge in [0.1, 0.15) is 33.8 Å². The summed E-state index contributed by atoms with van der Waals surface area (Å²) in [5.74, 6) is -2.51. The van der Waals surface area contributed by atoms with Gasteiger partial charge in [0.15, 0.2) is 0 Å². The van der Waals surface area contributed by atoms with Crippen molar-refractivity contribution in [2.24, 2.45) is 0 Å². The molecule has 2 heterocycles. The Morgan fingerprint density at radius 1 is 1.10 bits per heavy atom. The van der Waals surface area contributed by atoms with Crippen LogP contribution >= 0.6 is 11.3 Å². The molecule has 4 rings (SSSR count). The van der Waals surface area contributed by atoms with Gasteiger partial charge in [-0.3, -0.25) is 4.79 Å². The number of fused-ring (bicyclic) bond motifs is 1. The molecule has 0 aliphatic rings. The van der Waals surface area contributed by atoms with Crippen LogP contribution in [0.4, 0.5) is 8.78 Å². The van der Waals surface area contributed by atoms with Gasteiger partial charge >= 0.3 is 5.97 Å². The molecule has 0 amide bonds. The molecule has 2 aromatic carbocycles. The molecule has 0 radical (unpaired) electrons. The summed E-state index contributed by atoms with van der Waals surface area (Å²) < 4.78 is 33.5. The van der Waals surface area contributed by atoms with Gasteiger partial charge in [0.2, 0.25) is 0 Å². The van der Waals surface area contributed by atoms with Crippen molar-refractivity contribution < 1.29 is 18.3 Å². The van der Waals surface area contributed by atoms with Crippen LogP contribution in [-0.4, -0.2) is 15.9 Å². The molecule has 0 saturated heterocycles. The fraction of sp³-hybridized carbons (Fsp3) is 0.0952. The first-order valence-electron chi connectivity index (χ1n) is 8.64. The van der Waals surface area contributed by atoms with Crippen LogP contribution in [-0.2, 0) is 11.3 Å². The number of aromatic nitrogens is 2. The SMILES string of the molecule is Cc1c(C(=O)OCc2ccccc2)sc2nc(-c3c(F)cccc3F)[nH]c(=O)c12. The first kappa shape index (κ1) is 18.9. The van der Waals surface area contributed by atoms with E-state index in [1.807, 2.05) is 30.3 Å². The van der Waals surface area contributed by atoms with Crippen LogP contribution in [0.15, 0.2) is 53.3 Å². The summed E-state index contributed by atoms with van der Waals surface area (Å²) in [6, 6.07) is 12.6. The number of carbonyl (C=O) groups excluding carboxylic acids is 1. The predicted molar refractivity (Wildman–Crippen MR) is 106 cm³/mol. The molecular weight excluding hydrogens is 398 g/mol. The number of aryl methyl sites for hydroxylation is 1. The van der Waals surface area contributed by atoms with E-state index in [4.69, 9.17) is 4.74 Å². The highest BCUT2D eigenvalue weighted by Crippen LogP contribution is 2.30. The lowest BCUT2D eigenvalue weighted by atomic mass is 10.1. The zero-order chi connectivity index (χ0) is 20.5. The molecule has 0 saturated carbocycles. The van der Waals surface area contributed by atoms with Crippen molar-refractivity contribution in [1.82, 2.24) is 9.97 Å². The van der Waals surface area contributed by atoms with Crippen LogP contribution in [0.5, 0.6) is 0 Å². The highest BCUT2D eigenvalue weighted by atomic mass is 32.1. The van der Waals surface area contributed by atoms with E-state index in [-0.39, 0.29) is 27.5 Å². The minimum Gasteiger partial charge on any atom is -0.457 e. The maximum atomic E-state index is 14.1. The van der Waals surface area contributed by atoms with Gasteiger partial charge in [0.05, 0.1) is 10.9 Å². The normalized spacial score (nSPS) is 11.0. The number of benzene rings is 2. The Kier molecular flexibility index (Phi) is 4.94. The third kappa shape index (κ3) is 3.54. The number of thiophene rings is 1. The van der Waals surface area contributed by atoms with Crippen molar-refractivity contribution in [2.75, 3.05) is 0 Å². The molecule has 4 aromatic rings. The summed E-state index contributed by atoms with van der Waals surface area (Å²) in [4.78, 5) is 32.1. The molecular formula is C21H14F2N2O3S. The second-order valence-corrected chi connectivity index (χ2v) is 7.31. The lowest BCUT2D eigenvalue weighted by Crippen LogP contribution is -2.11. The number of H-pyrrole nitrogens is 1. The van der Waals surface area contributed by atoms with E-state index in [1.165, 1.54) is 6.07 Å². The average Bonchev–Trinajstić information content (AvgIpc) is 3.04. The molecule has 5 nitrogen and oxygen atoms in total. The molecule has 2 aromatic heterocycles. The highest BCUT2D eigenvalue weighted by Gasteiger charge is 2.22. The lowest BCUT2D eigenvalue weighted by molar-refractivity contribution is 0.0478. The molecule has 1 N–H and O–H groups in total. The number of rotatable bonds is 4. The van der Waals surface area contributed by atoms with Crippen molar-refractivity contribution in [3.05, 3.63) is 86.5 Å². The summed E-state index contributed by atoms with van der Waals surface area (Å²) in [6.45, 7) is 1.70. The Balaban J connectivity index is 1.72. The molecule has 8 heteroatoms. The quantitative estimate of drug-likeness (QED) is 0.498. The van der Waals surface area contributed by atoms with Gasteiger partial charge in [0, 0.05) is 0 Å². The molecule has 0 fully saturated rings. The number of carbonyl (C=O) groups is 1. The standard InChI is InChI=1S/C21H14F2N2O3S/c1-11-15-19(26)24-18(16-13(22)8-5-9-14(16)23)25-20(15)29-17(11)21(27)28-10-12-6-3-2-4-7-12/h2-9H,10H2,1H3,(H,24,25,26). The van der Waals surface area contributed by atoms with Gasteiger partial charge in [-0.25, -0.2) is 18.6 Å². The Labute approximate surface area is 167 Å². The van der Waals surface area contributed by atoms with Crippen molar-refractivity contribution in [1.29, 1.82) is 0 Å². The van der Waals surface area contributed by atoms with E-state index >= 15 is 0 Å². The van der Waals surface area contributed by atoms with Crippen LogP contribution in [0.2, 0.25) is 0 Å². The first-order chi connectivity index (χ1) is 14.0. The second kappa shape index (κ2) is 7.56. The zero-order valence-electron chi connectivity index (χ0n) is 15.2. The fourth-order valence-corrected chi connectivity index (χ4v) is 4.05. The van der Waals surface area contributed by atoms with Gasteiger partial charge < -0.3 is 9.72 Å². The Bertz CT molecular complexity index is 1260. The van der Waals surface area contributed by atoms with Crippen LogP contribution in [0, 0.1) is 18.6 Å². The zero-order valence-corrected chi connectivity index (χ0v) is 16.0. The van der Waals surface area contributed by atoms with Crippen molar-refractivity contribution in [2.45, 2.75) is 13.5 Å². The van der Waals surface area contributed by atoms with E-state index in [0.717, 1.165) is 29.0 Å². The summed E-state index contributed by atoms with van der Waals surface area (Å²) in [7, 11) is 0. The number of nitrogens with one attached hydrogen (secondary N) is 1. The average molecular weight is 412 g/mol. The number of halogens is 2. The van der Waals surface area contributed by atoms with Crippen LogP contribution in [0.25, 0.3) is 21.6 Å². The van der Waals surface area contributed by atoms with Gasteiger partial charge in [-0.1, -0.05) is 36.4 Å². The fourth-order valence-electron chi connectivity index (χ4n) is 2.97. The number of hydrogen-bond acceptors (Lipinski definition) is 5. The number of hydrogen-bond donors (Lipinski definition) is 1. The van der Waals surface area contributed by atoms with E-state index in [9.17, 15) is 18.4 Å². The first-order valence-corrected chi connectivity index (χ1v) is 9.46. The molecule has 0 bridgehead atoms. The highest BCUT2D eigenvalue weighted by molar-refractivity contribution is 7.20. The maximum absolute atomic E-state index is 14.1. The third-order valence-electron chi connectivity index (χ3n) is 4.40. The van der Waals surface area contributed by atoms with Gasteiger partial charge in [0.25, 0.3) is 5.56 Å². The van der Waals surface area contributed by atoms with Crippen LogP contribution < -0.4 is 5.56 Å².